The van der Waals surface area contributed by atoms with E-state index in [1.54, 1.807) is 25.1 Å². The van der Waals surface area contributed by atoms with Crippen molar-refractivity contribution in [3.63, 3.8) is 0 Å². The largest absolute Gasteiger partial charge is 0.466 e. The number of aryl methyl sites for hydroxylation is 1. The molecule has 2 aromatic rings. The molecule has 1 aliphatic heterocycles. The average molecular weight is 436 g/mol. The van der Waals surface area contributed by atoms with E-state index in [1.807, 2.05) is 31.2 Å². The van der Waals surface area contributed by atoms with Gasteiger partial charge in [-0.25, -0.2) is 4.79 Å². The standard InChI is InChI=1S/C23H21N3O4S/c1-14-8-4-5-9-16(14)13-31-22-18(12-24)21(20(15(2)25-22)23(27)30-3)17-10-6-7-11-19(17)26(28)29/h4-11,21,25H,13H2,1-3H3/t21-/m0/s1. The van der Waals surface area contributed by atoms with Crippen LogP contribution in [0.4, 0.5) is 5.69 Å². The number of para-hydroxylation sites is 1. The number of nitrogens with one attached hydrogen (secondary N) is 1. The van der Waals surface area contributed by atoms with Crippen molar-refractivity contribution in [3.05, 3.63) is 97.2 Å². The van der Waals surface area contributed by atoms with E-state index >= 15 is 0 Å². The summed E-state index contributed by atoms with van der Waals surface area (Å²) in [5, 5.41) is 25.4. The smallest absolute Gasteiger partial charge is 0.336 e. The Balaban J connectivity index is 2.13. The highest BCUT2D eigenvalue weighted by Crippen LogP contribution is 2.44. The third-order valence-electron chi connectivity index (χ3n) is 5.13. The normalized spacial score (nSPS) is 15.9. The fourth-order valence-corrected chi connectivity index (χ4v) is 4.71. The van der Waals surface area contributed by atoms with Crippen molar-refractivity contribution in [1.82, 2.24) is 5.32 Å². The molecule has 1 heterocycles. The number of nitrogens with zero attached hydrogens (tertiary/aromatic N) is 2. The Morgan fingerprint density at radius 2 is 1.90 bits per heavy atom. The van der Waals surface area contributed by atoms with Crippen molar-refractivity contribution >= 4 is 23.4 Å². The van der Waals surface area contributed by atoms with Gasteiger partial charge < -0.3 is 10.1 Å². The minimum Gasteiger partial charge on any atom is -0.466 e. The maximum atomic E-state index is 12.6. The Hall–Kier alpha value is -3.57. The minimum absolute atomic E-state index is 0.153. The molecule has 3 rings (SSSR count). The van der Waals surface area contributed by atoms with E-state index in [2.05, 4.69) is 11.4 Å². The molecule has 0 bridgehead atoms. The van der Waals surface area contributed by atoms with E-state index in [1.165, 1.54) is 24.9 Å². The zero-order chi connectivity index (χ0) is 22.5. The summed E-state index contributed by atoms with van der Waals surface area (Å²) >= 11 is 1.42. The topological polar surface area (TPSA) is 105 Å². The van der Waals surface area contributed by atoms with Crippen molar-refractivity contribution in [1.29, 1.82) is 5.26 Å². The molecule has 0 unspecified atom stereocenters. The van der Waals surface area contributed by atoms with Crippen LogP contribution in [0.5, 0.6) is 0 Å². The lowest BCUT2D eigenvalue weighted by Crippen LogP contribution is -2.28. The number of hydrogen-bond donors (Lipinski definition) is 1. The summed E-state index contributed by atoms with van der Waals surface area (Å²) in [6, 6.07) is 16.3. The maximum absolute atomic E-state index is 12.6. The summed E-state index contributed by atoms with van der Waals surface area (Å²) in [7, 11) is 1.25. The number of nitro groups is 1. The first-order chi connectivity index (χ1) is 14.9. The predicted molar refractivity (Wildman–Crippen MR) is 119 cm³/mol. The van der Waals surface area contributed by atoms with Crippen LogP contribution < -0.4 is 5.32 Å². The quantitative estimate of drug-likeness (QED) is 0.398. The van der Waals surface area contributed by atoms with Gasteiger partial charge in [0.25, 0.3) is 5.69 Å². The van der Waals surface area contributed by atoms with Crippen molar-refractivity contribution in [2.24, 2.45) is 0 Å². The SMILES string of the molecule is COC(=O)C1=C(C)NC(SCc2ccccc2C)=C(C#N)[C@@H]1c1ccccc1[N+](=O)[O-]. The number of ether oxygens (including phenoxy) is 1. The highest BCUT2D eigenvalue weighted by Gasteiger charge is 2.38. The van der Waals surface area contributed by atoms with Gasteiger partial charge in [0.2, 0.25) is 0 Å². The average Bonchev–Trinajstić information content (AvgIpc) is 2.77. The maximum Gasteiger partial charge on any atom is 0.336 e. The van der Waals surface area contributed by atoms with Crippen LogP contribution in [0.2, 0.25) is 0 Å². The molecule has 8 heteroatoms. The molecule has 0 aliphatic carbocycles. The number of nitro benzene ring substituents is 1. The highest BCUT2D eigenvalue weighted by molar-refractivity contribution is 8.02. The minimum atomic E-state index is -0.903. The Labute approximate surface area is 184 Å². The van der Waals surface area contributed by atoms with Gasteiger partial charge in [-0.3, -0.25) is 10.1 Å². The zero-order valence-electron chi connectivity index (χ0n) is 17.3. The fraction of sp³-hybridized carbons (Fsp3) is 0.217. The van der Waals surface area contributed by atoms with Crippen LogP contribution in [-0.2, 0) is 15.3 Å². The number of esters is 1. The molecule has 1 atom stereocenters. The number of carbonyl (C=O) groups excluding carboxylic acids is 1. The summed E-state index contributed by atoms with van der Waals surface area (Å²) in [6.07, 6.45) is 0. The molecule has 0 radical (unpaired) electrons. The molecule has 158 valence electrons. The second-order valence-corrected chi connectivity index (χ2v) is 7.96. The molecule has 0 fully saturated rings. The number of hydrogen-bond acceptors (Lipinski definition) is 7. The molecule has 0 aromatic heterocycles. The number of nitriles is 1. The summed E-state index contributed by atoms with van der Waals surface area (Å²) in [5.41, 5.74) is 3.30. The Kier molecular flexibility index (Phi) is 6.78. The Morgan fingerprint density at radius 3 is 2.55 bits per heavy atom. The van der Waals surface area contributed by atoms with Crippen LogP contribution in [0.25, 0.3) is 0 Å². The lowest BCUT2D eigenvalue weighted by molar-refractivity contribution is -0.385. The molecular formula is C23H21N3O4S. The molecule has 0 amide bonds. The molecule has 0 saturated heterocycles. The summed E-state index contributed by atoms with van der Waals surface area (Å²) in [4.78, 5) is 23.8. The van der Waals surface area contributed by atoms with Gasteiger partial charge >= 0.3 is 5.97 Å². The summed E-state index contributed by atoms with van der Waals surface area (Å²) < 4.78 is 4.94. The van der Waals surface area contributed by atoms with Gasteiger partial charge in [0.05, 0.1) is 40.2 Å². The highest BCUT2D eigenvalue weighted by atomic mass is 32.2. The van der Waals surface area contributed by atoms with Gasteiger partial charge in [0.15, 0.2) is 0 Å². The monoisotopic (exact) mass is 435 g/mol. The lowest BCUT2D eigenvalue weighted by atomic mass is 9.82. The van der Waals surface area contributed by atoms with E-state index in [0.717, 1.165) is 11.1 Å². The van der Waals surface area contributed by atoms with Crippen LogP contribution in [0.3, 0.4) is 0 Å². The molecular weight excluding hydrogens is 414 g/mol. The van der Waals surface area contributed by atoms with Crippen molar-refractivity contribution < 1.29 is 14.5 Å². The van der Waals surface area contributed by atoms with Gasteiger partial charge in [-0.15, -0.1) is 11.8 Å². The number of thioether (sulfide) groups is 1. The number of allylic oxidation sites excluding steroid dienone is 2. The van der Waals surface area contributed by atoms with Crippen LogP contribution in [-0.4, -0.2) is 18.0 Å². The first kappa shape index (κ1) is 22.1. The van der Waals surface area contributed by atoms with Gasteiger partial charge in [-0.05, 0) is 25.0 Å². The Bertz CT molecular complexity index is 1150. The molecule has 31 heavy (non-hydrogen) atoms. The van der Waals surface area contributed by atoms with E-state index in [-0.39, 0.29) is 22.4 Å². The van der Waals surface area contributed by atoms with Gasteiger partial charge in [0, 0.05) is 23.1 Å². The van der Waals surface area contributed by atoms with E-state index in [9.17, 15) is 20.2 Å². The van der Waals surface area contributed by atoms with E-state index in [4.69, 9.17) is 4.74 Å². The van der Waals surface area contributed by atoms with Crippen molar-refractivity contribution in [3.8, 4) is 6.07 Å². The second-order valence-electron chi connectivity index (χ2n) is 6.97. The first-order valence-corrected chi connectivity index (χ1v) is 10.5. The van der Waals surface area contributed by atoms with Gasteiger partial charge in [-0.2, -0.15) is 5.26 Å². The number of rotatable bonds is 6. The number of methoxy groups -OCH3 is 1. The molecule has 1 N–H and O–H groups in total. The number of carbonyl (C=O) groups is 1. The molecule has 2 aromatic carbocycles. The van der Waals surface area contributed by atoms with Crippen LogP contribution in [0.1, 0.15) is 29.5 Å². The predicted octanol–water partition coefficient (Wildman–Crippen LogP) is 4.71. The summed E-state index contributed by atoms with van der Waals surface area (Å²) in [6.45, 7) is 3.72. The Morgan fingerprint density at radius 1 is 1.23 bits per heavy atom. The van der Waals surface area contributed by atoms with Crippen molar-refractivity contribution in [2.45, 2.75) is 25.5 Å². The third kappa shape index (κ3) is 4.47. The molecule has 0 saturated carbocycles. The summed E-state index contributed by atoms with van der Waals surface area (Å²) in [5.74, 6) is -0.937. The van der Waals surface area contributed by atoms with Crippen LogP contribution >= 0.6 is 11.8 Å². The second kappa shape index (κ2) is 9.49. The number of benzene rings is 2. The van der Waals surface area contributed by atoms with Crippen LogP contribution in [0.15, 0.2) is 70.4 Å². The van der Waals surface area contributed by atoms with Crippen LogP contribution in [0, 0.1) is 28.4 Å². The third-order valence-corrected chi connectivity index (χ3v) is 6.20. The number of dihydropyridines is 1. The first-order valence-electron chi connectivity index (χ1n) is 9.50. The van der Waals surface area contributed by atoms with Crippen molar-refractivity contribution in [2.75, 3.05) is 7.11 Å². The fourth-order valence-electron chi connectivity index (χ4n) is 3.54. The van der Waals surface area contributed by atoms with E-state index in [0.29, 0.717) is 16.5 Å². The van der Waals surface area contributed by atoms with Gasteiger partial charge in [-0.1, -0.05) is 42.5 Å². The van der Waals surface area contributed by atoms with E-state index < -0.39 is 16.8 Å². The lowest BCUT2D eigenvalue weighted by Gasteiger charge is -2.29. The molecule has 0 spiro atoms. The zero-order valence-corrected chi connectivity index (χ0v) is 18.2. The van der Waals surface area contributed by atoms with Gasteiger partial charge in [0.1, 0.15) is 0 Å². The molecule has 1 aliphatic rings. The molecule has 7 nitrogen and oxygen atoms in total.